The van der Waals surface area contributed by atoms with Gasteiger partial charge < -0.3 is 15.0 Å². The van der Waals surface area contributed by atoms with Crippen molar-refractivity contribution in [2.24, 2.45) is 0 Å². The molecule has 0 unspecified atom stereocenters. The highest BCUT2D eigenvalue weighted by Gasteiger charge is 2.21. The molecular weight excluding hydrogens is 362 g/mol. The Morgan fingerprint density at radius 3 is 3.00 bits per heavy atom. The number of aromatic nitrogens is 1. The van der Waals surface area contributed by atoms with Gasteiger partial charge in [-0.3, -0.25) is 9.59 Å². The number of pyridine rings is 1. The monoisotopic (exact) mass is 387 g/mol. The highest BCUT2D eigenvalue weighted by atomic mass is 32.1. The second kappa shape index (κ2) is 8.99. The standard InChI is InChI=1S/C20H25N3O3S/c1-14(2)26-20-15(4-3-9-21-20)12-22-18(24)5-6-19(25)23-10-7-17-16(13-23)8-11-27-17/h3-4,8-9,11,14H,5-7,10,12-13H2,1-2H3,(H,22,24). The number of carbonyl (C=O) groups excluding carboxylic acids is 2. The van der Waals surface area contributed by atoms with Gasteiger partial charge in [0.1, 0.15) is 0 Å². The second-order valence-corrected chi connectivity index (χ2v) is 7.85. The van der Waals surface area contributed by atoms with Crippen LogP contribution in [-0.2, 0) is 29.1 Å². The number of ether oxygens (including phenoxy) is 1. The quantitative estimate of drug-likeness (QED) is 0.793. The van der Waals surface area contributed by atoms with Gasteiger partial charge in [0, 0.05) is 49.1 Å². The Morgan fingerprint density at radius 2 is 2.19 bits per heavy atom. The molecule has 0 saturated carbocycles. The molecule has 1 aliphatic rings. The van der Waals surface area contributed by atoms with Gasteiger partial charge in [0.25, 0.3) is 0 Å². The van der Waals surface area contributed by atoms with Crippen LogP contribution in [0.2, 0.25) is 0 Å². The van der Waals surface area contributed by atoms with Crippen molar-refractivity contribution < 1.29 is 14.3 Å². The summed E-state index contributed by atoms with van der Waals surface area (Å²) in [4.78, 5) is 32.0. The van der Waals surface area contributed by atoms with Crippen LogP contribution in [0, 0.1) is 0 Å². The lowest BCUT2D eigenvalue weighted by molar-refractivity contribution is -0.134. The first-order chi connectivity index (χ1) is 13.0. The molecular formula is C20H25N3O3S. The van der Waals surface area contributed by atoms with Gasteiger partial charge in [-0.2, -0.15) is 0 Å². The first-order valence-corrected chi connectivity index (χ1v) is 10.1. The van der Waals surface area contributed by atoms with E-state index >= 15 is 0 Å². The van der Waals surface area contributed by atoms with E-state index < -0.39 is 0 Å². The average molecular weight is 388 g/mol. The summed E-state index contributed by atoms with van der Waals surface area (Å²) in [6.45, 7) is 5.60. The fraction of sp³-hybridized carbons (Fsp3) is 0.450. The fourth-order valence-corrected chi connectivity index (χ4v) is 3.90. The topological polar surface area (TPSA) is 71.5 Å². The van der Waals surface area contributed by atoms with E-state index in [0.717, 1.165) is 18.5 Å². The summed E-state index contributed by atoms with van der Waals surface area (Å²) in [7, 11) is 0. The highest BCUT2D eigenvalue weighted by molar-refractivity contribution is 7.10. The second-order valence-electron chi connectivity index (χ2n) is 6.85. The van der Waals surface area contributed by atoms with Gasteiger partial charge in [0.2, 0.25) is 17.7 Å². The third-order valence-corrected chi connectivity index (χ3v) is 5.42. The van der Waals surface area contributed by atoms with E-state index in [2.05, 4.69) is 21.7 Å². The molecule has 2 amide bonds. The number of hydrogen-bond acceptors (Lipinski definition) is 5. The van der Waals surface area contributed by atoms with Gasteiger partial charge in [-0.25, -0.2) is 4.98 Å². The summed E-state index contributed by atoms with van der Waals surface area (Å²) in [5, 5.41) is 4.93. The molecule has 144 valence electrons. The molecule has 1 N–H and O–H groups in total. The van der Waals surface area contributed by atoms with Gasteiger partial charge >= 0.3 is 0 Å². The fourth-order valence-electron chi connectivity index (χ4n) is 3.01. The van der Waals surface area contributed by atoms with Crippen molar-refractivity contribution in [2.75, 3.05) is 6.54 Å². The highest BCUT2D eigenvalue weighted by Crippen LogP contribution is 2.24. The number of thiophene rings is 1. The summed E-state index contributed by atoms with van der Waals surface area (Å²) >= 11 is 1.75. The number of carbonyl (C=O) groups is 2. The van der Waals surface area contributed by atoms with E-state index in [4.69, 9.17) is 4.74 Å². The van der Waals surface area contributed by atoms with Crippen LogP contribution >= 0.6 is 11.3 Å². The summed E-state index contributed by atoms with van der Waals surface area (Å²) in [5.74, 6) is 0.423. The molecule has 0 saturated heterocycles. The largest absolute Gasteiger partial charge is 0.475 e. The molecule has 7 heteroatoms. The summed E-state index contributed by atoms with van der Waals surface area (Å²) in [5.41, 5.74) is 2.06. The van der Waals surface area contributed by atoms with Gasteiger partial charge in [-0.15, -0.1) is 11.3 Å². The maximum Gasteiger partial charge on any atom is 0.223 e. The van der Waals surface area contributed by atoms with Crippen molar-refractivity contribution in [3.05, 3.63) is 45.8 Å². The minimum atomic E-state index is -0.143. The van der Waals surface area contributed by atoms with Gasteiger partial charge in [-0.1, -0.05) is 6.07 Å². The van der Waals surface area contributed by atoms with E-state index in [0.29, 0.717) is 19.0 Å². The molecule has 0 aromatic carbocycles. The molecule has 0 fully saturated rings. The Bertz CT molecular complexity index is 803. The van der Waals surface area contributed by atoms with E-state index in [1.165, 1.54) is 10.4 Å². The van der Waals surface area contributed by atoms with Crippen molar-refractivity contribution >= 4 is 23.2 Å². The van der Waals surface area contributed by atoms with Crippen LogP contribution in [0.4, 0.5) is 0 Å². The van der Waals surface area contributed by atoms with Crippen molar-refractivity contribution in [3.63, 3.8) is 0 Å². The van der Waals surface area contributed by atoms with E-state index in [1.807, 2.05) is 30.9 Å². The van der Waals surface area contributed by atoms with Gasteiger partial charge in [0.15, 0.2) is 0 Å². The number of amides is 2. The minimum absolute atomic E-state index is 0.0141. The molecule has 3 rings (SSSR count). The summed E-state index contributed by atoms with van der Waals surface area (Å²) < 4.78 is 5.65. The van der Waals surface area contributed by atoms with Gasteiger partial charge in [-0.05, 0) is 43.3 Å². The van der Waals surface area contributed by atoms with Crippen LogP contribution in [0.1, 0.15) is 42.7 Å². The molecule has 2 aromatic heterocycles. The van der Waals surface area contributed by atoms with Crippen molar-refractivity contribution in [1.82, 2.24) is 15.2 Å². The molecule has 0 bridgehead atoms. The molecule has 0 spiro atoms. The van der Waals surface area contributed by atoms with Crippen LogP contribution in [0.25, 0.3) is 0 Å². The number of hydrogen-bond donors (Lipinski definition) is 1. The third kappa shape index (κ3) is 5.29. The zero-order chi connectivity index (χ0) is 19.2. The zero-order valence-corrected chi connectivity index (χ0v) is 16.6. The van der Waals surface area contributed by atoms with Crippen LogP contribution in [0.5, 0.6) is 5.88 Å². The average Bonchev–Trinajstić information content (AvgIpc) is 3.12. The Kier molecular flexibility index (Phi) is 6.45. The normalized spacial score (nSPS) is 13.4. The molecule has 2 aromatic rings. The molecule has 0 atom stereocenters. The van der Waals surface area contributed by atoms with Crippen LogP contribution in [0.15, 0.2) is 29.8 Å². The Hall–Kier alpha value is -2.41. The maximum absolute atomic E-state index is 12.4. The minimum Gasteiger partial charge on any atom is -0.475 e. The molecule has 27 heavy (non-hydrogen) atoms. The first-order valence-electron chi connectivity index (χ1n) is 9.23. The smallest absolute Gasteiger partial charge is 0.223 e. The van der Waals surface area contributed by atoms with Crippen molar-refractivity contribution in [3.8, 4) is 5.88 Å². The number of fused-ring (bicyclic) bond motifs is 1. The first kappa shape index (κ1) is 19.4. The molecule has 0 radical (unpaired) electrons. The molecule has 3 heterocycles. The third-order valence-electron chi connectivity index (χ3n) is 4.40. The Labute approximate surface area is 163 Å². The van der Waals surface area contributed by atoms with Crippen LogP contribution in [0.3, 0.4) is 0 Å². The maximum atomic E-state index is 12.4. The van der Waals surface area contributed by atoms with E-state index in [9.17, 15) is 9.59 Å². The SMILES string of the molecule is CC(C)Oc1ncccc1CNC(=O)CCC(=O)N1CCc2sccc2C1. The zero-order valence-electron chi connectivity index (χ0n) is 15.7. The van der Waals surface area contributed by atoms with Crippen molar-refractivity contribution in [1.29, 1.82) is 0 Å². The number of nitrogens with one attached hydrogen (secondary N) is 1. The van der Waals surface area contributed by atoms with E-state index in [1.54, 1.807) is 17.5 Å². The van der Waals surface area contributed by atoms with E-state index in [-0.39, 0.29) is 30.8 Å². The Morgan fingerprint density at radius 1 is 1.33 bits per heavy atom. The lowest BCUT2D eigenvalue weighted by Gasteiger charge is -2.27. The van der Waals surface area contributed by atoms with Gasteiger partial charge in [0.05, 0.1) is 6.10 Å². The molecule has 0 aliphatic carbocycles. The molecule has 1 aliphatic heterocycles. The van der Waals surface area contributed by atoms with Crippen molar-refractivity contribution in [2.45, 2.75) is 52.3 Å². The van der Waals surface area contributed by atoms with Crippen LogP contribution in [-0.4, -0.2) is 34.3 Å². The Balaban J connectivity index is 1.44. The summed E-state index contributed by atoms with van der Waals surface area (Å²) in [6.07, 6.45) is 3.00. The number of nitrogens with zero attached hydrogens (tertiary/aromatic N) is 2. The number of rotatable bonds is 7. The predicted molar refractivity (Wildman–Crippen MR) is 105 cm³/mol. The predicted octanol–water partition coefficient (Wildman–Crippen LogP) is 2.91. The lowest BCUT2D eigenvalue weighted by Crippen LogP contribution is -2.36. The van der Waals surface area contributed by atoms with Crippen LogP contribution < -0.4 is 10.1 Å². The molecule has 6 nitrogen and oxygen atoms in total. The summed E-state index contributed by atoms with van der Waals surface area (Å²) in [6, 6.07) is 5.77. The lowest BCUT2D eigenvalue weighted by atomic mass is 10.1.